The van der Waals surface area contributed by atoms with Crippen LogP contribution in [0.15, 0.2) is 12.3 Å². The predicted octanol–water partition coefficient (Wildman–Crippen LogP) is 2.84. The van der Waals surface area contributed by atoms with Gasteiger partial charge in [0.25, 0.3) is 0 Å². The minimum atomic E-state index is -0.303. The van der Waals surface area contributed by atoms with Crippen molar-refractivity contribution in [2.75, 3.05) is 6.61 Å². The van der Waals surface area contributed by atoms with Gasteiger partial charge in [-0.05, 0) is 37.7 Å². The molecule has 0 aromatic carbocycles. The van der Waals surface area contributed by atoms with E-state index in [9.17, 15) is 5.11 Å². The van der Waals surface area contributed by atoms with Gasteiger partial charge in [-0.1, -0.05) is 13.8 Å². The molecule has 2 aliphatic rings. The van der Waals surface area contributed by atoms with E-state index in [1.165, 1.54) is 5.69 Å². The summed E-state index contributed by atoms with van der Waals surface area (Å²) in [4.78, 5) is 0. The van der Waals surface area contributed by atoms with Crippen molar-refractivity contribution in [1.29, 1.82) is 0 Å². The van der Waals surface area contributed by atoms with Gasteiger partial charge in [0.2, 0.25) is 0 Å². The lowest BCUT2D eigenvalue weighted by Crippen LogP contribution is -2.28. The molecule has 1 saturated heterocycles. The summed E-state index contributed by atoms with van der Waals surface area (Å²) >= 11 is 0. The number of aromatic nitrogens is 1. The van der Waals surface area contributed by atoms with Crippen LogP contribution < -0.4 is 0 Å². The van der Waals surface area contributed by atoms with Crippen LogP contribution in [0.3, 0.4) is 0 Å². The average Bonchev–Trinajstić information content (AvgIpc) is 2.82. The van der Waals surface area contributed by atoms with Gasteiger partial charge in [-0.3, -0.25) is 0 Å². The first-order valence-electron chi connectivity index (χ1n) is 6.97. The Morgan fingerprint density at radius 2 is 2.22 bits per heavy atom. The number of fused-ring (bicyclic) bond motifs is 1. The number of aliphatic hydroxyl groups excluding tert-OH is 1. The molecule has 3 atom stereocenters. The van der Waals surface area contributed by atoms with Crippen LogP contribution in [0.5, 0.6) is 0 Å². The predicted molar refractivity (Wildman–Crippen MR) is 70.6 cm³/mol. The minimum absolute atomic E-state index is 0.186. The SMILES string of the molecule is CC1OCCC1n1ccc2c1CC(C)(C)CC2O. The van der Waals surface area contributed by atoms with E-state index in [-0.39, 0.29) is 17.6 Å². The summed E-state index contributed by atoms with van der Waals surface area (Å²) in [6.45, 7) is 7.48. The van der Waals surface area contributed by atoms with Crippen LogP contribution in [0.25, 0.3) is 0 Å². The van der Waals surface area contributed by atoms with Gasteiger partial charge in [-0.25, -0.2) is 0 Å². The fourth-order valence-corrected chi connectivity index (χ4v) is 3.55. The van der Waals surface area contributed by atoms with Gasteiger partial charge in [-0.2, -0.15) is 0 Å². The molecule has 100 valence electrons. The second kappa shape index (κ2) is 4.10. The molecule has 1 aliphatic heterocycles. The summed E-state index contributed by atoms with van der Waals surface area (Å²) in [6.07, 6.45) is 5.12. The van der Waals surface area contributed by atoms with Gasteiger partial charge in [0.1, 0.15) is 0 Å². The molecule has 0 spiro atoms. The molecule has 1 aliphatic carbocycles. The molecule has 0 radical (unpaired) electrons. The highest BCUT2D eigenvalue weighted by atomic mass is 16.5. The van der Waals surface area contributed by atoms with Crippen LogP contribution in [0.4, 0.5) is 0 Å². The van der Waals surface area contributed by atoms with E-state index in [1.807, 2.05) is 0 Å². The largest absolute Gasteiger partial charge is 0.388 e. The minimum Gasteiger partial charge on any atom is -0.388 e. The first-order chi connectivity index (χ1) is 8.48. The highest BCUT2D eigenvalue weighted by molar-refractivity contribution is 5.30. The Morgan fingerprint density at radius 3 is 2.89 bits per heavy atom. The van der Waals surface area contributed by atoms with E-state index in [0.29, 0.717) is 6.04 Å². The molecule has 2 heterocycles. The van der Waals surface area contributed by atoms with Crippen molar-refractivity contribution >= 4 is 0 Å². The molecule has 1 aromatic rings. The second-order valence-electron chi connectivity index (χ2n) is 6.62. The molecule has 0 saturated carbocycles. The Kier molecular flexibility index (Phi) is 2.79. The summed E-state index contributed by atoms with van der Waals surface area (Å²) in [5.74, 6) is 0. The van der Waals surface area contributed by atoms with E-state index >= 15 is 0 Å². The number of hydrogen-bond donors (Lipinski definition) is 1. The van der Waals surface area contributed by atoms with Gasteiger partial charge in [0.15, 0.2) is 0 Å². The zero-order valence-corrected chi connectivity index (χ0v) is 11.5. The summed E-state index contributed by atoms with van der Waals surface area (Å²) in [5, 5.41) is 10.3. The van der Waals surface area contributed by atoms with Crippen LogP contribution in [-0.4, -0.2) is 22.4 Å². The number of nitrogens with zero attached hydrogens (tertiary/aromatic N) is 1. The van der Waals surface area contributed by atoms with Crippen molar-refractivity contribution < 1.29 is 9.84 Å². The molecule has 3 rings (SSSR count). The molecular weight excluding hydrogens is 226 g/mol. The fourth-order valence-electron chi connectivity index (χ4n) is 3.55. The average molecular weight is 249 g/mol. The highest BCUT2D eigenvalue weighted by Crippen LogP contribution is 2.43. The maximum Gasteiger partial charge on any atom is 0.0812 e. The molecule has 18 heavy (non-hydrogen) atoms. The van der Waals surface area contributed by atoms with Crippen molar-refractivity contribution in [2.24, 2.45) is 5.41 Å². The van der Waals surface area contributed by atoms with Gasteiger partial charge in [0, 0.05) is 24.1 Å². The van der Waals surface area contributed by atoms with Gasteiger partial charge in [0.05, 0.1) is 18.2 Å². The number of rotatable bonds is 1. The fraction of sp³-hybridized carbons (Fsp3) is 0.733. The monoisotopic (exact) mass is 249 g/mol. The molecule has 0 bridgehead atoms. The first kappa shape index (κ1) is 12.2. The lowest BCUT2D eigenvalue weighted by atomic mass is 9.75. The number of ether oxygens (including phenoxy) is 1. The van der Waals surface area contributed by atoms with Crippen molar-refractivity contribution in [1.82, 2.24) is 4.57 Å². The van der Waals surface area contributed by atoms with Crippen molar-refractivity contribution in [3.8, 4) is 0 Å². The second-order valence-corrected chi connectivity index (χ2v) is 6.62. The van der Waals surface area contributed by atoms with Crippen LogP contribution >= 0.6 is 0 Å². The van der Waals surface area contributed by atoms with E-state index in [1.54, 1.807) is 0 Å². The summed E-state index contributed by atoms with van der Waals surface area (Å²) in [5.41, 5.74) is 2.64. The van der Waals surface area contributed by atoms with Crippen LogP contribution in [-0.2, 0) is 11.2 Å². The zero-order chi connectivity index (χ0) is 12.9. The van der Waals surface area contributed by atoms with Gasteiger partial charge in [-0.15, -0.1) is 0 Å². The van der Waals surface area contributed by atoms with Crippen LogP contribution in [0.1, 0.15) is 57.0 Å². The lowest BCUT2D eigenvalue weighted by Gasteiger charge is -2.35. The normalized spacial score (nSPS) is 34.6. The number of aliphatic hydroxyl groups is 1. The Hall–Kier alpha value is -0.800. The molecule has 1 aromatic heterocycles. The molecular formula is C15H23NO2. The maximum atomic E-state index is 10.3. The van der Waals surface area contributed by atoms with E-state index < -0.39 is 0 Å². The van der Waals surface area contributed by atoms with Crippen LogP contribution in [0.2, 0.25) is 0 Å². The smallest absolute Gasteiger partial charge is 0.0812 e. The zero-order valence-electron chi connectivity index (χ0n) is 11.5. The van der Waals surface area contributed by atoms with Gasteiger partial charge >= 0.3 is 0 Å². The highest BCUT2D eigenvalue weighted by Gasteiger charge is 2.36. The van der Waals surface area contributed by atoms with Crippen molar-refractivity contribution in [2.45, 2.75) is 58.3 Å². The van der Waals surface area contributed by atoms with Gasteiger partial charge < -0.3 is 14.4 Å². The summed E-state index contributed by atoms with van der Waals surface area (Å²) in [7, 11) is 0. The van der Waals surface area contributed by atoms with E-state index in [4.69, 9.17) is 4.74 Å². The first-order valence-corrected chi connectivity index (χ1v) is 6.97. The summed E-state index contributed by atoms with van der Waals surface area (Å²) < 4.78 is 8.03. The van der Waals surface area contributed by atoms with Crippen molar-refractivity contribution in [3.63, 3.8) is 0 Å². The third-order valence-electron chi connectivity index (χ3n) is 4.50. The topological polar surface area (TPSA) is 34.4 Å². The Balaban J connectivity index is 1.99. The molecule has 3 heteroatoms. The van der Waals surface area contributed by atoms with E-state index in [0.717, 1.165) is 31.4 Å². The molecule has 3 nitrogen and oxygen atoms in total. The van der Waals surface area contributed by atoms with Crippen LogP contribution in [0, 0.1) is 5.41 Å². The summed E-state index contributed by atoms with van der Waals surface area (Å²) in [6, 6.07) is 2.54. The number of hydrogen-bond acceptors (Lipinski definition) is 2. The molecule has 3 unspecified atom stereocenters. The maximum absolute atomic E-state index is 10.3. The van der Waals surface area contributed by atoms with E-state index in [2.05, 4.69) is 37.6 Å². The Morgan fingerprint density at radius 1 is 1.44 bits per heavy atom. The molecule has 0 amide bonds. The lowest BCUT2D eigenvalue weighted by molar-refractivity contribution is 0.0919. The molecule has 1 fully saturated rings. The van der Waals surface area contributed by atoms with Crippen molar-refractivity contribution in [3.05, 3.63) is 23.5 Å². The third-order valence-corrected chi connectivity index (χ3v) is 4.50. The standard InChI is InChI=1S/C15H23NO2/c1-10-12(5-7-18-10)16-6-4-11-13(16)8-15(2,3)9-14(11)17/h4,6,10,12,14,17H,5,7-9H2,1-3H3. The third kappa shape index (κ3) is 1.90. The Labute approximate surface area is 109 Å². The Bertz CT molecular complexity index is 449. The molecule has 1 N–H and O–H groups in total. The quantitative estimate of drug-likeness (QED) is 0.830.